The smallest absolute Gasteiger partial charge is 0.249 e. The fourth-order valence-electron chi connectivity index (χ4n) is 2.49. The Hall–Kier alpha value is -1.12. The van der Waals surface area contributed by atoms with Crippen LogP contribution in [0.4, 0.5) is 5.69 Å². The minimum absolute atomic E-state index is 0.127. The molecule has 0 amide bonds. The van der Waals surface area contributed by atoms with E-state index in [-0.39, 0.29) is 6.04 Å². The van der Waals surface area contributed by atoms with Gasteiger partial charge in [-0.3, -0.25) is 4.31 Å². The maximum Gasteiger partial charge on any atom is 0.249 e. The van der Waals surface area contributed by atoms with Crippen molar-refractivity contribution >= 4 is 25.5 Å². The van der Waals surface area contributed by atoms with Crippen molar-refractivity contribution in [2.24, 2.45) is 5.73 Å². The Bertz CT molecular complexity index is 739. The van der Waals surface area contributed by atoms with Gasteiger partial charge in [0.25, 0.3) is 0 Å². The minimum Gasteiger partial charge on any atom is -0.324 e. The van der Waals surface area contributed by atoms with E-state index in [0.717, 1.165) is 23.8 Å². The van der Waals surface area contributed by atoms with Crippen LogP contribution < -0.4 is 10.0 Å². The predicted octanol–water partition coefficient (Wildman–Crippen LogP) is 0.791. The highest BCUT2D eigenvalue weighted by molar-refractivity contribution is 8.08. The van der Waals surface area contributed by atoms with Crippen LogP contribution in [0.5, 0.6) is 0 Å². The quantitative estimate of drug-likeness (QED) is 0.879. The summed E-state index contributed by atoms with van der Waals surface area (Å²) in [7, 11) is -7.48. The fourth-order valence-corrected chi connectivity index (χ4v) is 6.05. The monoisotopic (exact) mass is 332 g/mol. The Kier molecular flexibility index (Phi) is 4.32. The first-order valence-corrected chi connectivity index (χ1v) is 10.3. The van der Waals surface area contributed by atoms with Crippen LogP contribution in [0.25, 0.3) is 0 Å². The van der Waals surface area contributed by atoms with E-state index in [0.29, 0.717) is 18.7 Å². The first kappa shape index (κ1) is 16.3. The molecule has 1 aromatic carbocycles. The lowest BCUT2D eigenvalue weighted by atomic mass is 9.98. The summed E-state index contributed by atoms with van der Waals surface area (Å²) in [6.45, 7) is 2.17. The van der Waals surface area contributed by atoms with Crippen LogP contribution >= 0.6 is 0 Å². The summed E-state index contributed by atoms with van der Waals surface area (Å²) in [5, 5.41) is -0.867. The van der Waals surface area contributed by atoms with Gasteiger partial charge in [-0.05, 0) is 37.0 Å². The molecular weight excluding hydrogens is 312 g/mol. The van der Waals surface area contributed by atoms with E-state index in [1.807, 2.05) is 13.0 Å². The number of nitrogens with zero attached hydrogens (tertiary/aromatic N) is 1. The number of anilines is 1. The van der Waals surface area contributed by atoms with Crippen molar-refractivity contribution in [1.29, 1.82) is 0 Å². The fraction of sp³-hybridized carbons (Fsp3) is 0.538. The molecule has 1 aliphatic heterocycles. The maximum atomic E-state index is 12.3. The molecule has 2 rings (SSSR count). The molecule has 0 bridgehead atoms. The van der Waals surface area contributed by atoms with Crippen LogP contribution in [0, 0.1) is 0 Å². The van der Waals surface area contributed by atoms with Gasteiger partial charge in [0.15, 0.2) is 14.9 Å². The summed E-state index contributed by atoms with van der Waals surface area (Å²) in [6.07, 6.45) is 2.35. The third kappa shape index (κ3) is 3.75. The van der Waals surface area contributed by atoms with Crippen LogP contribution in [-0.2, 0) is 26.3 Å². The summed E-state index contributed by atoms with van der Waals surface area (Å²) < 4.78 is 48.5. The average Bonchev–Trinajstić information content (AvgIpc) is 2.34. The zero-order valence-electron chi connectivity index (χ0n) is 12.1. The van der Waals surface area contributed by atoms with Gasteiger partial charge in [0.05, 0.1) is 5.69 Å². The molecule has 0 radical (unpaired) electrons. The molecule has 6 nitrogen and oxygen atoms in total. The largest absolute Gasteiger partial charge is 0.324 e. The molecule has 1 aliphatic rings. The van der Waals surface area contributed by atoms with E-state index in [4.69, 9.17) is 5.73 Å². The minimum atomic E-state index is -3.87. The van der Waals surface area contributed by atoms with Crippen molar-refractivity contribution < 1.29 is 16.8 Å². The highest BCUT2D eigenvalue weighted by atomic mass is 32.3. The zero-order chi connectivity index (χ0) is 15.8. The van der Waals surface area contributed by atoms with Gasteiger partial charge in [-0.1, -0.05) is 12.1 Å². The second-order valence-electron chi connectivity index (χ2n) is 5.51. The molecule has 21 heavy (non-hydrogen) atoms. The summed E-state index contributed by atoms with van der Waals surface area (Å²) in [5.41, 5.74) is 8.24. The van der Waals surface area contributed by atoms with E-state index in [1.165, 1.54) is 4.31 Å². The highest BCUT2D eigenvalue weighted by Gasteiger charge is 2.30. The molecule has 1 atom stereocenters. The van der Waals surface area contributed by atoms with Crippen molar-refractivity contribution in [2.45, 2.75) is 25.8 Å². The van der Waals surface area contributed by atoms with E-state index >= 15 is 0 Å². The number of hydrogen-bond donors (Lipinski definition) is 1. The molecule has 118 valence electrons. The van der Waals surface area contributed by atoms with Gasteiger partial charge in [-0.25, -0.2) is 16.8 Å². The first-order valence-electron chi connectivity index (χ1n) is 6.67. The molecule has 2 N–H and O–H groups in total. The van der Waals surface area contributed by atoms with E-state index in [9.17, 15) is 16.8 Å². The zero-order valence-corrected chi connectivity index (χ0v) is 13.7. The first-order chi connectivity index (χ1) is 9.60. The van der Waals surface area contributed by atoms with Crippen molar-refractivity contribution in [1.82, 2.24) is 0 Å². The van der Waals surface area contributed by atoms with Gasteiger partial charge < -0.3 is 5.73 Å². The lowest BCUT2D eigenvalue weighted by Gasteiger charge is -2.30. The SMILES string of the molecule is CC(N)c1ccc2c(c1)CCCN2S(=O)(=O)CS(C)(=O)=O. The second kappa shape index (κ2) is 5.58. The second-order valence-corrected chi connectivity index (χ2v) is 9.91. The lowest BCUT2D eigenvalue weighted by molar-refractivity contribution is 0.585. The van der Waals surface area contributed by atoms with Crippen LogP contribution in [0.1, 0.15) is 30.5 Å². The molecule has 0 spiro atoms. The van der Waals surface area contributed by atoms with Gasteiger partial charge >= 0.3 is 0 Å². The van der Waals surface area contributed by atoms with Crippen molar-refractivity contribution in [3.63, 3.8) is 0 Å². The number of fused-ring (bicyclic) bond motifs is 1. The van der Waals surface area contributed by atoms with E-state index in [2.05, 4.69) is 0 Å². The molecule has 1 heterocycles. The number of sulfone groups is 1. The van der Waals surface area contributed by atoms with Crippen LogP contribution in [0.3, 0.4) is 0 Å². The van der Waals surface area contributed by atoms with Crippen molar-refractivity contribution in [3.8, 4) is 0 Å². The van der Waals surface area contributed by atoms with Crippen molar-refractivity contribution in [2.75, 3.05) is 22.2 Å². The maximum absolute atomic E-state index is 12.3. The van der Waals surface area contributed by atoms with Gasteiger partial charge in [-0.15, -0.1) is 0 Å². The molecule has 1 unspecified atom stereocenters. The Balaban J connectivity index is 2.43. The molecule has 8 heteroatoms. The lowest BCUT2D eigenvalue weighted by Crippen LogP contribution is -2.38. The normalized spacial score (nSPS) is 17.4. The Labute approximate surface area is 125 Å². The Morgan fingerprint density at radius 2 is 1.95 bits per heavy atom. The van der Waals surface area contributed by atoms with Crippen LogP contribution in [0.15, 0.2) is 18.2 Å². The number of sulfonamides is 1. The molecule has 0 aliphatic carbocycles. The number of nitrogens with two attached hydrogens (primary N) is 1. The van der Waals surface area contributed by atoms with Gasteiger partial charge in [0.1, 0.15) is 0 Å². The predicted molar refractivity (Wildman–Crippen MR) is 83.3 cm³/mol. The molecule has 0 aromatic heterocycles. The number of hydrogen-bond acceptors (Lipinski definition) is 5. The number of rotatable bonds is 4. The van der Waals surface area contributed by atoms with E-state index < -0.39 is 24.9 Å². The standard InChI is InChI=1S/C13H20N2O4S2/c1-10(14)11-5-6-13-12(8-11)4-3-7-15(13)21(18,19)9-20(2,16)17/h5-6,8,10H,3-4,7,9,14H2,1-2H3. The molecule has 1 aromatic rings. The Morgan fingerprint density at radius 3 is 2.52 bits per heavy atom. The Morgan fingerprint density at radius 1 is 1.29 bits per heavy atom. The molecule has 0 saturated heterocycles. The summed E-state index contributed by atoms with van der Waals surface area (Å²) in [4.78, 5) is 0. The van der Waals surface area contributed by atoms with E-state index in [1.54, 1.807) is 12.1 Å². The van der Waals surface area contributed by atoms with Crippen LogP contribution in [-0.4, -0.2) is 34.7 Å². The van der Waals surface area contributed by atoms with Crippen LogP contribution in [0.2, 0.25) is 0 Å². The summed E-state index contributed by atoms with van der Waals surface area (Å²) >= 11 is 0. The summed E-state index contributed by atoms with van der Waals surface area (Å²) in [6, 6.07) is 5.28. The van der Waals surface area contributed by atoms with Crippen molar-refractivity contribution in [3.05, 3.63) is 29.3 Å². The molecule has 0 fully saturated rings. The molecular formula is C13H20N2O4S2. The average molecular weight is 332 g/mol. The number of benzene rings is 1. The van der Waals surface area contributed by atoms with Gasteiger partial charge in [0.2, 0.25) is 10.0 Å². The molecule has 0 saturated carbocycles. The topological polar surface area (TPSA) is 97.5 Å². The third-order valence-electron chi connectivity index (χ3n) is 3.40. The summed E-state index contributed by atoms with van der Waals surface area (Å²) in [5.74, 6) is 0. The third-order valence-corrected chi connectivity index (χ3v) is 7.36. The highest BCUT2D eigenvalue weighted by Crippen LogP contribution is 2.31. The number of aryl methyl sites for hydroxylation is 1. The van der Waals surface area contributed by atoms with Gasteiger partial charge in [-0.2, -0.15) is 0 Å². The van der Waals surface area contributed by atoms with Gasteiger partial charge in [0, 0.05) is 18.8 Å².